The van der Waals surface area contributed by atoms with Gasteiger partial charge in [0.15, 0.2) is 0 Å². The number of hydrogen-bond donors (Lipinski definition) is 0. The number of halogens is 1. The Labute approximate surface area is 74.9 Å². The van der Waals surface area contributed by atoms with Crippen LogP contribution in [0.15, 0.2) is 18.2 Å². The molecule has 12 heavy (non-hydrogen) atoms. The first kappa shape index (κ1) is 8.87. The summed E-state index contributed by atoms with van der Waals surface area (Å²) in [5, 5.41) is 0.414. The fourth-order valence-corrected chi connectivity index (χ4v) is 1.02. The predicted octanol–water partition coefficient (Wildman–Crippen LogP) is 1.88. The molecule has 64 valence electrons. The van der Waals surface area contributed by atoms with Crippen LogP contribution in [0.4, 0.5) is 0 Å². The van der Waals surface area contributed by atoms with E-state index in [0.717, 1.165) is 0 Å². The van der Waals surface area contributed by atoms with Crippen molar-refractivity contribution in [2.45, 2.75) is 0 Å². The summed E-state index contributed by atoms with van der Waals surface area (Å²) in [6, 6.07) is 4.73. The first-order chi connectivity index (χ1) is 5.77. The molecular weight excluding hydrogens is 180 g/mol. The van der Waals surface area contributed by atoms with Gasteiger partial charge in [0.25, 0.3) is 6.47 Å². The van der Waals surface area contributed by atoms with Crippen LogP contribution in [0.2, 0.25) is 5.02 Å². The summed E-state index contributed by atoms with van der Waals surface area (Å²) in [5.41, 5.74) is 0. The van der Waals surface area contributed by atoms with E-state index in [-0.39, 0.29) is 0 Å². The molecule has 0 aliphatic heterocycles. The predicted molar refractivity (Wildman–Crippen MR) is 44.7 cm³/mol. The number of carbonyl (C=O) groups is 1. The summed E-state index contributed by atoms with van der Waals surface area (Å²) in [6.07, 6.45) is 0. The van der Waals surface area contributed by atoms with E-state index in [1.165, 1.54) is 13.2 Å². The molecule has 0 aliphatic carbocycles. The summed E-state index contributed by atoms with van der Waals surface area (Å²) < 4.78 is 9.47. The van der Waals surface area contributed by atoms with Gasteiger partial charge in [-0.05, 0) is 12.1 Å². The maximum absolute atomic E-state index is 9.94. The van der Waals surface area contributed by atoms with Crippen molar-refractivity contribution in [3.8, 4) is 11.5 Å². The van der Waals surface area contributed by atoms with E-state index in [1.807, 2.05) is 0 Å². The number of carbonyl (C=O) groups excluding carboxylic acids is 1. The zero-order chi connectivity index (χ0) is 8.97. The van der Waals surface area contributed by atoms with Crippen LogP contribution in [0, 0.1) is 0 Å². The third-order valence-corrected chi connectivity index (χ3v) is 1.60. The molecule has 0 spiro atoms. The second-order valence-corrected chi connectivity index (χ2v) is 2.42. The molecule has 0 atom stereocenters. The minimum atomic E-state index is 0.345. The van der Waals surface area contributed by atoms with E-state index in [4.69, 9.17) is 16.3 Å². The molecule has 1 rings (SSSR count). The minimum Gasteiger partial charge on any atom is -0.495 e. The van der Waals surface area contributed by atoms with Crippen molar-refractivity contribution in [1.82, 2.24) is 0 Å². The zero-order valence-corrected chi connectivity index (χ0v) is 7.17. The topological polar surface area (TPSA) is 35.5 Å². The molecule has 0 aromatic heterocycles. The molecule has 0 amide bonds. The Balaban J connectivity index is 2.93. The lowest BCUT2D eigenvalue weighted by molar-refractivity contribution is -0.120. The van der Waals surface area contributed by atoms with Crippen LogP contribution in [0.5, 0.6) is 11.5 Å². The van der Waals surface area contributed by atoms with Crippen LogP contribution in [0.1, 0.15) is 0 Å². The van der Waals surface area contributed by atoms with Gasteiger partial charge in [-0.3, -0.25) is 4.79 Å². The molecule has 0 radical (unpaired) electrons. The van der Waals surface area contributed by atoms with Gasteiger partial charge in [-0.15, -0.1) is 0 Å². The summed E-state index contributed by atoms with van der Waals surface area (Å²) >= 11 is 5.74. The number of ether oxygens (including phenoxy) is 2. The van der Waals surface area contributed by atoms with Gasteiger partial charge in [0, 0.05) is 6.07 Å². The van der Waals surface area contributed by atoms with E-state index in [0.29, 0.717) is 23.0 Å². The average molecular weight is 187 g/mol. The van der Waals surface area contributed by atoms with Crippen LogP contribution >= 0.6 is 11.6 Å². The molecule has 4 heteroatoms. The third kappa shape index (κ3) is 1.89. The smallest absolute Gasteiger partial charge is 0.298 e. The van der Waals surface area contributed by atoms with Crippen LogP contribution < -0.4 is 9.47 Å². The Morgan fingerprint density at radius 2 is 2.25 bits per heavy atom. The second kappa shape index (κ2) is 3.97. The molecule has 0 unspecified atom stereocenters. The third-order valence-electron chi connectivity index (χ3n) is 1.31. The summed E-state index contributed by atoms with van der Waals surface area (Å²) in [7, 11) is 1.52. The monoisotopic (exact) mass is 186 g/mol. The van der Waals surface area contributed by atoms with E-state index in [9.17, 15) is 4.79 Å². The average Bonchev–Trinajstić information content (AvgIpc) is 2.05. The lowest BCUT2D eigenvalue weighted by atomic mass is 10.3. The Bertz CT molecular complexity index is 286. The van der Waals surface area contributed by atoms with Gasteiger partial charge < -0.3 is 9.47 Å². The van der Waals surface area contributed by atoms with Crippen molar-refractivity contribution in [3.05, 3.63) is 23.2 Å². The maximum Gasteiger partial charge on any atom is 0.298 e. The molecule has 0 saturated carbocycles. The van der Waals surface area contributed by atoms with Gasteiger partial charge in [0.2, 0.25) is 0 Å². The molecule has 0 aliphatic rings. The number of hydrogen-bond acceptors (Lipinski definition) is 3. The van der Waals surface area contributed by atoms with Crippen molar-refractivity contribution < 1.29 is 14.3 Å². The largest absolute Gasteiger partial charge is 0.495 e. The molecule has 0 N–H and O–H groups in total. The maximum atomic E-state index is 9.94. The Morgan fingerprint density at radius 1 is 1.50 bits per heavy atom. The normalized spacial score (nSPS) is 9.17. The van der Waals surface area contributed by atoms with Crippen LogP contribution in [0.25, 0.3) is 0 Å². The van der Waals surface area contributed by atoms with Crippen molar-refractivity contribution >= 4 is 18.1 Å². The first-order valence-corrected chi connectivity index (χ1v) is 3.59. The van der Waals surface area contributed by atoms with Crippen molar-refractivity contribution in [2.24, 2.45) is 0 Å². The zero-order valence-electron chi connectivity index (χ0n) is 6.41. The van der Waals surface area contributed by atoms with E-state index in [1.54, 1.807) is 12.1 Å². The Hall–Kier alpha value is -1.22. The SMILES string of the molecule is COc1ccc(OC=O)cc1Cl. The molecule has 0 bridgehead atoms. The summed E-state index contributed by atoms with van der Waals surface area (Å²) in [4.78, 5) is 9.94. The molecule has 0 saturated heterocycles. The van der Waals surface area contributed by atoms with Gasteiger partial charge in [-0.2, -0.15) is 0 Å². The number of methoxy groups -OCH3 is 1. The lowest BCUT2D eigenvalue weighted by Crippen LogP contribution is -1.89. The fraction of sp³-hybridized carbons (Fsp3) is 0.125. The van der Waals surface area contributed by atoms with Gasteiger partial charge >= 0.3 is 0 Å². The summed E-state index contributed by atoms with van der Waals surface area (Å²) in [5.74, 6) is 0.950. The summed E-state index contributed by atoms with van der Waals surface area (Å²) in [6.45, 7) is 0.345. The first-order valence-electron chi connectivity index (χ1n) is 3.21. The van der Waals surface area contributed by atoms with Crippen molar-refractivity contribution in [1.29, 1.82) is 0 Å². The number of benzene rings is 1. The van der Waals surface area contributed by atoms with Crippen molar-refractivity contribution in [3.63, 3.8) is 0 Å². The van der Waals surface area contributed by atoms with E-state index >= 15 is 0 Å². The molecule has 1 aromatic carbocycles. The second-order valence-electron chi connectivity index (χ2n) is 2.01. The minimum absolute atomic E-state index is 0.345. The quantitative estimate of drug-likeness (QED) is 0.677. The standard InChI is InChI=1S/C8H7ClO3/c1-11-8-3-2-6(12-5-10)4-7(8)9/h2-5H,1H3. The lowest BCUT2D eigenvalue weighted by Gasteiger charge is -2.03. The highest BCUT2D eigenvalue weighted by Gasteiger charge is 2.01. The highest BCUT2D eigenvalue weighted by atomic mass is 35.5. The Kier molecular flexibility index (Phi) is 2.94. The molecular formula is C8H7ClO3. The highest BCUT2D eigenvalue weighted by molar-refractivity contribution is 6.32. The van der Waals surface area contributed by atoms with Gasteiger partial charge in [-0.25, -0.2) is 0 Å². The van der Waals surface area contributed by atoms with E-state index in [2.05, 4.69) is 4.74 Å². The molecule has 3 nitrogen and oxygen atoms in total. The van der Waals surface area contributed by atoms with Gasteiger partial charge in [0.1, 0.15) is 11.5 Å². The van der Waals surface area contributed by atoms with Gasteiger partial charge in [-0.1, -0.05) is 11.6 Å². The van der Waals surface area contributed by atoms with Crippen LogP contribution in [-0.2, 0) is 4.79 Å². The van der Waals surface area contributed by atoms with Gasteiger partial charge in [0.05, 0.1) is 12.1 Å². The Morgan fingerprint density at radius 3 is 2.75 bits per heavy atom. The van der Waals surface area contributed by atoms with Crippen LogP contribution in [-0.4, -0.2) is 13.6 Å². The fourth-order valence-electron chi connectivity index (χ4n) is 0.776. The van der Waals surface area contributed by atoms with Crippen molar-refractivity contribution in [2.75, 3.05) is 7.11 Å². The molecule has 1 aromatic rings. The van der Waals surface area contributed by atoms with E-state index < -0.39 is 0 Å². The number of rotatable bonds is 3. The highest BCUT2D eigenvalue weighted by Crippen LogP contribution is 2.27. The molecule has 0 heterocycles. The van der Waals surface area contributed by atoms with Crippen LogP contribution in [0.3, 0.4) is 0 Å². The molecule has 0 fully saturated rings.